The van der Waals surface area contributed by atoms with Crippen LogP contribution in [0.1, 0.15) is 32.8 Å². The van der Waals surface area contributed by atoms with Crippen LogP contribution in [0, 0.1) is 4.77 Å². The van der Waals surface area contributed by atoms with Crippen LogP contribution in [0.5, 0.6) is 5.75 Å². The first kappa shape index (κ1) is 25.6. The molecule has 1 unspecified atom stereocenters. The Kier molecular flexibility index (Phi) is 9.85. The fourth-order valence-corrected chi connectivity index (χ4v) is 4.33. The lowest BCUT2D eigenvalue weighted by molar-refractivity contribution is -0.121. The Balaban J connectivity index is 1.60. The molecule has 0 aliphatic heterocycles. The van der Waals surface area contributed by atoms with E-state index in [0.29, 0.717) is 36.7 Å². The zero-order chi connectivity index (χ0) is 24.3. The number of ether oxygens (including phenoxy) is 1. The van der Waals surface area contributed by atoms with Gasteiger partial charge in [-0.1, -0.05) is 44.2 Å². The van der Waals surface area contributed by atoms with Crippen LogP contribution in [0.4, 0.5) is 0 Å². The van der Waals surface area contributed by atoms with E-state index in [0.717, 1.165) is 30.8 Å². The first-order chi connectivity index (χ1) is 16.5. The second-order valence-corrected chi connectivity index (χ2v) is 8.47. The number of aromatic nitrogens is 3. The van der Waals surface area contributed by atoms with Crippen molar-refractivity contribution in [3.8, 4) is 17.1 Å². The van der Waals surface area contributed by atoms with Crippen LogP contribution in [-0.2, 0) is 17.8 Å². The normalized spacial score (nSPS) is 12.0. The number of benzene rings is 2. The summed E-state index contributed by atoms with van der Waals surface area (Å²) in [5, 5.41) is 10.4. The third-order valence-corrected chi connectivity index (χ3v) is 6.23. The predicted octanol–water partition coefficient (Wildman–Crippen LogP) is 4.47. The minimum absolute atomic E-state index is 0.00552. The number of likely N-dealkylation sites (N-methyl/N-ethyl adjacent to an activating group) is 1. The summed E-state index contributed by atoms with van der Waals surface area (Å²) in [6, 6.07) is 18.4. The molecule has 0 radical (unpaired) electrons. The van der Waals surface area contributed by atoms with Crippen molar-refractivity contribution in [1.29, 1.82) is 0 Å². The van der Waals surface area contributed by atoms with Crippen LogP contribution in [-0.4, -0.2) is 57.9 Å². The van der Waals surface area contributed by atoms with Crippen molar-refractivity contribution >= 4 is 18.1 Å². The van der Waals surface area contributed by atoms with E-state index >= 15 is 0 Å². The lowest BCUT2D eigenvalue weighted by atomic mass is 10.0. The molecule has 0 aliphatic carbocycles. The van der Waals surface area contributed by atoms with Crippen molar-refractivity contribution in [3.63, 3.8) is 0 Å². The largest absolute Gasteiger partial charge is 0.494 e. The highest BCUT2D eigenvalue weighted by Gasteiger charge is 2.18. The van der Waals surface area contributed by atoms with Crippen LogP contribution >= 0.6 is 12.2 Å². The summed E-state index contributed by atoms with van der Waals surface area (Å²) < 4.78 is 7.89. The first-order valence-electron chi connectivity index (χ1n) is 12.0. The maximum Gasteiger partial charge on any atom is 0.221 e. The Labute approximate surface area is 207 Å². The number of aromatic amines is 1. The minimum Gasteiger partial charge on any atom is -0.494 e. The molecular weight excluding hydrogens is 446 g/mol. The summed E-state index contributed by atoms with van der Waals surface area (Å²) in [6.45, 7) is 9.84. The minimum atomic E-state index is 0.00552. The molecule has 0 saturated heterocycles. The van der Waals surface area contributed by atoms with Crippen molar-refractivity contribution in [2.24, 2.45) is 0 Å². The van der Waals surface area contributed by atoms with Gasteiger partial charge in [-0.2, -0.15) is 5.10 Å². The molecule has 3 aromatic rings. The zero-order valence-electron chi connectivity index (χ0n) is 20.3. The Bertz CT molecular complexity index is 1070. The maximum atomic E-state index is 12.7. The Morgan fingerprint density at radius 2 is 1.82 bits per heavy atom. The van der Waals surface area contributed by atoms with Crippen molar-refractivity contribution in [2.45, 2.75) is 46.2 Å². The summed E-state index contributed by atoms with van der Waals surface area (Å²) >= 11 is 5.42. The Morgan fingerprint density at radius 3 is 2.47 bits per heavy atom. The van der Waals surface area contributed by atoms with Gasteiger partial charge in [0.25, 0.3) is 0 Å². The summed E-state index contributed by atoms with van der Waals surface area (Å²) in [5.41, 5.74) is 2.19. The molecule has 0 bridgehead atoms. The molecule has 0 saturated carbocycles. The van der Waals surface area contributed by atoms with E-state index in [-0.39, 0.29) is 11.9 Å². The predicted molar refractivity (Wildman–Crippen MR) is 138 cm³/mol. The lowest BCUT2D eigenvalue weighted by Crippen LogP contribution is -2.45. The van der Waals surface area contributed by atoms with Crippen molar-refractivity contribution in [2.75, 3.05) is 26.2 Å². The molecule has 1 atom stereocenters. The lowest BCUT2D eigenvalue weighted by Gasteiger charge is -2.30. The van der Waals surface area contributed by atoms with E-state index in [9.17, 15) is 4.79 Å². The van der Waals surface area contributed by atoms with Gasteiger partial charge in [0.2, 0.25) is 5.91 Å². The van der Waals surface area contributed by atoms with Gasteiger partial charge in [-0.25, -0.2) is 0 Å². The van der Waals surface area contributed by atoms with Gasteiger partial charge in [0.15, 0.2) is 10.6 Å². The summed E-state index contributed by atoms with van der Waals surface area (Å²) in [5.74, 6) is 1.53. The van der Waals surface area contributed by atoms with Gasteiger partial charge in [-0.3, -0.25) is 19.4 Å². The fraction of sp³-hybridized carbons (Fsp3) is 0.423. The van der Waals surface area contributed by atoms with Crippen molar-refractivity contribution in [1.82, 2.24) is 25.0 Å². The monoisotopic (exact) mass is 481 g/mol. The van der Waals surface area contributed by atoms with Gasteiger partial charge in [0, 0.05) is 31.1 Å². The third-order valence-electron chi connectivity index (χ3n) is 5.92. The van der Waals surface area contributed by atoms with Crippen molar-refractivity contribution in [3.05, 3.63) is 64.9 Å². The number of nitrogens with zero attached hydrogens (tertiary/aromatic N) is 3. The van der Waals surface area contributed by atoms with Gasteiger partial charge < -0.3 is 10.1 Å². The van der Waals surface area contributed by atoms with Crippen LogP contribution in [0.3, 0.4) is 0 Å². The highest BCUT2D eigenvalue weighted by atomic mass is 32.1. The number of carbonyl (C=O) groups excluding carboxylic acids is 1. The van der Waals surface area contributed by atoms with Crippen LogP contribution < -0.4 is 10.1 Å². The zero-order valence-corrected chi connectivity index (χ0v) is 21.1. The molecule has 8 heteroatoms. The van der Waals surface area contributed by atoms with Crippen LogP contribution in [0.25, 0.3) is 11.4 Å². The Hall–Kier alpha value is -2.97. The summed E-state index contributed by atoms with van der Waals surface area (Å²) in [6.07, 6.45) is 1.23. The molecule has 2 N–H and O–H groups in total. The van der Waals surface area contributed by atoms with E-state index in [2.05, 4.69) is 58.5 Å². The molecule has 7 nitrogen and oxygen atoms in total. The second kappa shape index (κ2) is 13.1. The fourth-order valence-electron chi connectivity index (χ4n) is 4.10. The highest BCUT2D eigenvalue weighted by molar-refractivity contribution is 7.71. The van der Waals surface area contributed by atoms with E-state index in [1.807, 2.05) is 41.8 Å². The number of rotatable bonds is 13. The number of carbonyl (C=O) groups is 1. The van der Waals surface area contributed by atoms with Gasteiger partial charge in [0.05, 0.1) is 6.61 Å². The molecule has 0 fully saturated rings. The van der Waals surface area contributed by atoms with E-state index < -0.39 is 0 Å². The Morgan fingerprint density at radius 1 is 1.12 bits per heavy atom. The summed E-state index contributed by atoms with van der Waals surface area (Å²) in [7, 11) is 0. The van der Waals surface area contributed by atoms with E-state index in [1.54, 1.807) is 0 Å². The SMILES string of the molecule is CCOc1ccc(-c2n[nH]c(=S)n2CCC(=O)NCC(Cc2ccccc2)N(CC)CC)cc1. The van der Waals surface area contributed by atoms with Gasteiger partial charge in [0.1, 0.15) is 5.75 Å². The average Bonchev–Trinajstić information content (AvgIpc) is 3.23. The van der Waals surface area contributed by atoms with Crippen LogP contribution in [0.2, 0.25) is 0 Å². The van der Waals surface area contributed by atoms with Crippen LogP contribution in [0.15, 0.2) is 54.6 Å². The van der Waals surface area contributed by atoms with Crippen molar-refractivity contribution < 1.29 is 9.53 Å². The topological polar surface area (TPSA) is 75.2 Å². The molecule has 1 aromatic heterocycles. The van der Waals surface area contributed by atoms with Gasteiger partial charge in [-0.05, 0) is 68.5 Å². The average molecular weight is 482 g/mol. The smallest absolute Gasteiger partial charge is 0.221 e. The third kappa shape index (κ3) is 7.01. The highest BCUT2D eigenvalue weighted by Crippen LogP contribution is 2.21. The number of hydrogen-bond acceptors (Lipinski definition) is 5. The standard InChI is InChI=1S/C26H35N5O2S/c1-4-30(5-2)22(18-20-10-8-7-9-11-20)19-27-24(32)16-17-31-25(28-29-26(31)34)21-12-14-23(15-13-21)33-6-3/h7-15,22H,4-6,16-19H2,1-3H3,(H,27,32)(H,29,34). The molecular formula is C26H35N5O2S. The number of amides is 1. The molecule has 1 amide bonds. The summed E-state index contributed by atoms with van der Waals surface area (Å²) in [4.78, 5) is 15.1. The number of H-pyrrole nitrogens is 1. The number of nitrogens with one attached hydrogen (secondary N) is 2. The molecule has 0 spiro atoms. The van der Waals surface area contributed by atoms with Gasteiger partial charge >= 0.3 is 0 Å². The molecule has 1 heterocycles. The molecule has 3 rings (SSSR count). The molecule has 0 aliphatic rings. The van der Waals surface area contributed by atoms with E-state index in [1.165, 1.54) is 5.56 Å². The molecule has 2 aromatic carbocycles. The molecule has 34 heavy (non-hydrogen) atoms. The first-order valence-corrected chi connectivity index (χ1v) is 12.4. The van der Waals surface area contributed by atoms with E-state index in [4.69, 9.17) is 17.0 Å². The van der Waals surface area contributed by atoms with Gasteiger partial charge in [-0.15, -0.1) is 0 Å². The number of hydrogen-bond donors (Lipinski definition) is 2. The second-order valence-electron chi connectivity index (χ2n) is 8.08. The maximum absolute atomic E-state index is 12.7. The molecule has 182 valence electrons. The quantitative estimate of drug-likeness (QED) is 0.353.